The minimum Gasteiger partial charge on any atom is -0.462 e. The Kier molecular flexibility index (Phi) is 4.21. The standard InChI is InChI=1S/C13H17NO4S/c1-3-18-13(17)10-4-8(2)19-12(10)14-6-9(7-15)5-11(14)16/h4,9,15H,3,5-7H2,1-2H3. The van der Waals surface area contributed by atoms with Crippen LogP contribution < -0.4 is 4.90 Å². The van der Waals surface area contributed by atoms with Gasteiger partial charge in [0.2, 0.25) is 5.91 Å². The predicted octanol–water partition coefficient (Wildman–Crippen LogP) is 1.58. The van der Waals surface area contributed by atoms with Crippen molar-refractivity contribution in [2.24, 2.45) is 5.92 Å². The Morgan fingerprint density at radius 2 is 2.37 bits per heavy atom. The molecule has 1 amide bonds. The number of hydrogen-bond acceptors (Lipinski definition) is 5. The summed E-state index contributed by atoms with van der Waals surface area (Å²) in [6.45, 7) is 4.39. The molecular formula is C13H17NO4S. The fourth-order valence-corrected chi connectivity index (χ4v) is 3.18. The number of aliphatic hydroxyl groups is 1. The first kappa shape index (κ1) is 14.0. The molecule has 6 heteroatoms. The molecule has 0 saturated carbocycles. The highest BCUT2D eigenvalue weighted by molar-refractivity contribution is 7.16. The van der Waals surface area contributed by atoms with Crippen LogP contribution in [0.2, 0.25) is 0 Å². The molecule has 1 aliphatic heterocycles. The lowest BCUT2D eigenvalue weighted by Crippen LogP contribution is -2.25. The first-order chi connectivity index (χ1) is 9.06. The number of amides is 1. The maximum absolute atomic E-state index is 12.0. The van der Waals surface area contributed by atoms with Gasteiger partial charge in [-0.1, -0.05) is 0 Å². The zero-order valence-electron chi connectivity index (χ0n) is 11.0. The quantitative estimate of drug-likeness (QED) is 0.852. The Morgan fingerprint density at radius 3 is 2.95 bits per heavy atom. The second-order valence-electron chi connectivity index (χ2n) is 4.55. The van der Waals surface area contributed by atoms with E-state index in [4.69, 9.17) is 9.84 Å². The molecular weight excluding hydrogens is 266 g/mol. The van der Waals surface area contributed by atoms with Crippen LogP contribution in [0.25, 0.3) is 0 Å². The van der Waals surface area contributed by atoms with Crippen LogP contribution in [0.15, 0.2) is 6.07 Å². The number of aliphatic hydroxyl groups excluding tert-OH is 1. The lowest BCUT2D eigenvalue weighted by atomic mass is 10.1. The number of rotatable bonds is 4. The second-order valence-corrected chi connectivity index (χ2v) is 5.79. The van der Waals surface area contributed by atoms with Crippen molar-refractivity contribution >= 4 is 28.2 Å². The Bertz CT molecular complexity index is 497. The van der Waals surface area contributed by atoms with Crippen molar-refractivity contribution in [1.82, 2.24) is 0 Å². The minimum absolute atomic E-state index is 0.0126. The average molecular weight is 283 g/mol. The smallest absolute Gasteiger partial charge is 0.341 e. The summed E-state index contributed by atoms with van der Waals surface area (Å²) < 4.78 is 5.01. The van der Waals surface area contributed by atoms with Gasteiger partial charge in [-0.15, -0.1) is 11.3 Å². The van der Waals surface area contributed by atoms with E-state index in [-0.39, 0.29) is 18.4 Å². The van der Waals surface area contributed by atoms with Crippen molar-refractivity contribution < 1.29 is 19.4 Å². The lowest BCUT2D eigenvalue weighted by Gasteiger charge is -2.15. The Balaban J connectivity index is 2.29. The van der Waals surface area contributed by atoms with E-state index in [1.807, 2.05) is 6.92 Å². The molecule has 1 aliphatic rings. The molecule has 0 bridgehead atoms. The summed E-state index contributed by atoms with van der Waals surface area (Å²) in [5.41, 5.74) is 0.441. The van der Waals surface area contributed by atoms with Crippen molar-refractivity contribution in [3.63, 3.8) is 0 Å². The second kappa shape index (κ2) is 5.71. The summed E-state index contributed by atoms with van der Waals surface area (Å²) in [6.07, 6.45) is 0.329. The fourth-order valence-electron chi connectivity index (χ4n) is 2.16. The predicted molar refractivity (Wildman–Crippen MR) is 72.6 cm³/mol. The number of ether oxygens (including phenoxy) is 1. The zero-order valence-corrected chi connectivity index (χ0v) is 11.8. The summed E-state index contributed by atoms with van der Waals surface area (Å²) in [5.74, 6) is -0.501. The van der Waals surface area contributed by atoms with Gasteiger partial charge in [0, 0.05) is 30.4 Å². The average Bonchev–Trinajstić information content (AvgIpc) is 2.92. The van der Waals surface area contributed by atoms with Gasteiger partial charge in [0.15, 0.2) is 0 Å². The molecule has 0 aliphatic carbocycles. The molecule has 1 aromatic rings. The maximum Gasteiger partial charge on any atom is 0.341 e. The molecule has 0 spiro atoms. The summed E-state index contributed by atoms with van der Waals surface area (Å²) >= 11 is 1.40. The molecule has 19 heavy (non-hydrogen) atoms. The molecule has 104 valence electrons. The molecule has 0 aromatic carbocycles. The molecule has 1 atom stereocenters. The van der Waals surface area contributed by atoms with Gasteiger partial charge in [0.1, 0.15) is 5.00 Å². The van der Waals surface area contributed by atoms with Crippen LogP contribution in [-0.4, -0.2) is 36.7 Å². The van der Waals surface area contributed by atoms with Crippen molar-refractivity contribution in [2.45, 2.75) is 20.3 Å². The summed E-state index contributed by atoms with van der Waals surface area (Å²) in [6, 6.07) is 1.75. The summed E-state index contributed by atoms with van der Waals surface area (Å²) in [7, 11) is 0. The number of esters is 1. The first-order valence-corrected chi connectivity index (χ1v) is 7.07. The number of aryl methyl sites for hydroxylation is 1. The van der Waals surface area contributed by atoms with Gasteiger partial charge in [0.25, 0.3) is 0 Å². The minimum atomic E-state index is -0.401. The molecule has 1 N–H and O–H groups in total. The Labute approximate surface area is 115 Å². The molecule has 2 rings (SSSR count). The fraction of sp³-hybridized carbons (Fsp3) is 0.538. The van der Waals surface area contributed by atoms with Gasteiger partial charge in [-0.05, 0) is 19.9 Å². The highest BCUT2D eigenvalue weighted by atomic mass is 32.1. The normalized spacial score (nSPS) is 19.0. The third-order valence-electron chi connectivity index (χ3n) is 3.04. The van der Waals surface area contributed by atoms with Crippen LogP contribution in [0.3, 0.4) is 0 Å². The number of carbonyl (C=O) groups excluding carboxylic acids is 2. The van der Waals surface area contributed by atoms with E-state index in [9.17, 15) is 9.59 Å². The zero-order chi connectivity index (χ0) is 14.0. The largest absolute Gasteiger partial charge is 0.462 e. The highest BCUT2D eigenvalue weighted by Crippen LogP contribution is 2.35. The lowest BCUT2D eigenvalue weighted by molar-refractivity contribution is -0.117. The topological polar surface area (TPSA) is 66.8 Å². The van der Waals surface area contributed by atoms with Crippen LogP contribution in [0.1, 0.15) is 28.6 Å². The number of thiophene rings is 1. The monoisotopic (exact) mass is 283 g/mol. The van der Waals surface area contributed by atoms with Gasteiger partial charge in [-0.2, -0.15) is 0 Å². The number of hydrogen-bond donors (Lipinski definition) is 1. The summed E-state index contributed by atoms with van der Waals surface area (Å²) in [5, 5.41) is 9.79. The Morgan fingerprint density at radius 1 is 1.63 bits per heavy atom. The summed E-state index contributed by atoms with van der Waals surface area (Å²) in [4.78, 5) is 26.4. The van der Waals surface area contributed by atoms with Crippen molar-refractivity contribution in [2.75, 3.05) is 24.7 Å². The van der Waals surface area contributed by atoms with E-state index in [2.05, 4.69) is 0 Å². The third kappa shape index (κ3) is 2.79. The van der Waals surface area contributed by atoms with Gasteiger partial charge >= 0.3 is 5.97 Å². The number of carbonyl (C=O) groups is 2. The molecule has 1 aromatic heterocycles. The number of anilines is 1. The van der Waals surface area contributed by atoms with E-state index < -0.39 is 5.97 Å². The SMILES string of the molecule is CCOC(=O)c1cc(C)sc1N1CC(CO)CC1=O. The first-order valence-electron chi connectivity index (χ1n) is 6.25. The van der Waals surface area contributed by atoms with Crippen LogP contribution in [0.5, 0.6) is 0 Å². The molecule has 1 saturated heterocycles. The van der Waals surface area contributed by atoms with Crippen molar-refractivity contribution in [3.8, 4) is 0 Å². The van der Waals surface area contributed by atoms with E-state index >= 15 is 0 Å². The molecule has 1 fully saturated rings. The van der Waals surface area contributed by atoms with E-state index in [0.29, 0.717) is 30.1 Å². The van der Waals surface area contributed by atoms with E-state index in [0.717, 1.165) is 4.88 Å². The van der Waals surface area contributed by atoms with Crippen molar-refractivity contribution in [1.29, 1.82) is 0 Å². The third-order valence-corrected chi connectivity index (χ3v) is 4.11. The van der Waals surface area contributed by atoms with Crippen molar-refractivity contribution in [3.05, 3.63) is 16.5 Å². The van der Waals surface area contributed by atoms with E-state index in [1.165, 1.54) is 11.3 Å². The number of nitrogens with zero attached hydrogens (tertiary/aromatic N) is 1. The highest BCUT2D eigenvalue weighted by Gasteiger charge is 2.33. The molecule has 1 unspecified atom stereocenters. The van der Waals surface area contributed by atoms with Crippen LogP contribution in [0, 0.1) is 12.8 Å². The molecule has 0 radical (unpaired) electrons. The van der Waals surface area contributed by atoms with Crippen LogP contribution in [-0.2, 0) is 9.53 Å². The van der Waals surface area contributed by atoms with Gasteiger partial charge in [-0.3, -0.25) is 4.79 Å². The van der Waals surface area contributed by atoms with Crippen LogP contribution >= 0.6 is 11.3 Å². The molecule has 5 nitrogen and oxygen atoms in total. The van der Waals surface area contributed by atoms with Gasteiger partial charge in [0.05, 0.1) is 12.2 Å². The van der Waals surface area contributed by atoms with E-state index in [1.54, 1.807) is 17.9 Å². The van der Waals surface area contributed by atoms with Gasteiger partial charge in [-0.25, -0.2) is 4.79 Å². The van der Waals surface area contributed by atoms with Gasteiger partial charge < -0.3 is 14.7 Å². The Hall–Kier alpha value is -1.40. The van der Waals surface area contributed by atoms with Crippen LogP contribution in [0.4, 0.5) is 5.00 Å². The molecule has 2 heterocycles. The maximum atomic E-state index is 12.0.